The summed E-state index contributed by atoms with van der Waals surface area (Å²) in [4.78, 5) is 4.10. The van der Waals surface area contributed by atoms with Gasteiger partial charge in [-0.05, 0) is 12.8 Å². The van der Waals surface area contributed by atoms with Crippen LogP contribution in [0.15, 0.2) is 4.99 Å². The van der Waals surface area contributed by atoms with Crippen LogP contribution in [0, 0.1) is 0 Å². The van der Waals surface area contributed by atoms with Gasteiger partial charge in [0.2, 0.25) is 0 Å². The molecule has 0 bridgehead atoms. The van der Waals surface area contributed by atoms with E-state index in [-0.39, 0.29) is 17.6 Å². The third-order valence-corrected chi connectivity index (χ3v) is 5.80. The SMILES string of the molecule is CN=C1NC2C(OC(CNC3CCCCC3)C(O)C2O)S1. The van der Waals surface area contributed by atoms with Crippen molar-refractivity contribution in [3.8, 4) is 0 Å². The maximum atomic E-state index is 10.3. The topological polar surface area (TPSA) is 86.1 Å². The zero-order valence-electron chi connectivity index (χ0n) is 12.4. The Labute approximate surface area is 129 Å². The summed E-state index contributed by atoms with van der Waals surface area (Å²) in [5.41, 5.74) is -0.180. The summed E-state index contributed by atoms with van der Waals surface area (Å²) in [7, 11) is 1.71. The van der Waals surface area contributed by atoms with Crippen LogP contribution in [0.2, 0.25) is 0 Å². The summed E-state index contributed by atoms with van der Waals surface area (Å²) < 4.78 is 5.96. The van der Waals surface area contributed by atoms with Crippen LogP contribution in [0.3, 0.4) is 0 Å². The largest absolute Gasteiger partial charge is 0.388 e. The molecule has 6 nitrogen and oxygen atoms in total. The van der Waals surface area contributed by atoms with Crippen LogP contribution in [-0.4, -0.2) is 64.8 Å². The maximum Gasteiger partial charge on any atom is 0.159 e. The van der Waals surface area contributed by atoms with Crippen LogP contribution >= 0.6 is 11.8 Å². The van der Waals surface area contributed by atoms with Crippen LogP contribution in [0.4, 0.5) is 0 Å². The van der Waals surface area contributed by atoms with E-state index in [0.717, 1.165) is 5.17 Å². The second kappa shape index (κ2) is 6.83. The van der Waals surface area contributed by atoms with Gasteiger partial charge in [-0.25, -0.2) is 0 Å². The van der Waals surface area contributed by atoms with Crippen molar-refractivity contribution in [3.63, 3.8) is 0 Å². The van der Waals surface area contributed by atoms with Gasteiger partial charge in [0.25, 0.3) is 0 Å². The van der Waals surface area contributed by atoms with E-state index in [1.807, 2.05) is 0 Å². The van der Waals surface area contributed by atoms with Gasteiger partial charge in [0.05, 0.1) is 6.04 Å². The molecule has 3 rings (SSSR count). The Morgan fingerprint density at radius 1 is 1.29 bits per heavy atom. The predicted octanol–water partition coefficient (Wildman–Crippen LogP) is 0.0462. The van der Waals surface area contributed by atoms with Gasteiger partial charge in [-0.2, -0.15) is 0 Å². The van der Waals surface area contributed by atoms with Crippen LogP contribution in [0.5, 0.6) is 0 Å². The minimum Gasteiger partial charge on any atom is -0.388 e. The molecule has 120 valence electrons. The first-order valence-corrected chi connectivity index (χ1v) is 8.72. The number of nitrogens with zero attached hydrogens (tertiary/aromatic N) is 1. The van der Waals surface area contributed by atoms with E-state index in [0.29, 0.717) is 12.6 Å². The van der Waals surface area contributed by atoms with E-state index >= 15 is 0 Å². The molecule has 0 spiro atoms. The second-order valence-electron chi connectivity index (χ2n) is 6.08. The van der Waals surface area contributed by atoms with E-state index in [2.05, 4.69) is 15.6 Å². The lowest BCUT2D eigenvalue weighted by molar-refractivity contribution is -0.154. The van der Waals surface area contributed by atoms with Gasteiger partial charge in [0, 0.05) is 19.6 Å². The van der Waals surface area contributed by atoms with Gasteiger partial charge >= 0.3 is 0 Å². The van der Waals surface area contributed by atoms with Crippen molar-refractivity contribution >= 4 is 16.9 Å². The highest BCUT2D eigenvalue weighted by molar-refractivity contribution is 8.14. The van der Waals surface area contributed by atoms with E-state index < -0.39 is 12.2 Å². The number of aliphatic hydroxyl groups is 2. The number of rotatable bonds is 3. The van der Waals surface area contributed by atoms with E-state index in [9.17, 15) is 10.2 Å². The average molecular weight is 315 g/mol. The van der Waals surface area contributed by atoms with E-state index in [1.165, 1.54) is 43.9 Å². The molecule has 2 aliphatic heterocycles. The van der Waals surface area contributed by atoms with Gasteiger partial charge in [-0.1, -0.05) is 31.0 Å². The first-order chi connectivity index (χ1) is 10.2. The molecular weight excluding hydrogens is 290 g/mol. The Bertz CT molecular complexity index is 390. The first-order valence-electron chi connectivity index (χ1n) is 7.84. The molecule has 1 saturated carbocycles. The van der Waals surface area contributed by atoms with Gasteiger partial charge in [0.1, 0.15) is 23.7 Å². The molecular formula is C14H25N3O3S. The fraction of sp³-hybridized carbons (Fsp3) is 0.929. The number of aliphatic hydroxyl groups excluding tert-OH is 2. The minimum absolute atomic E-state index is 0.180. The lowest BCUT2D eigenvalue weighted by atomic mass is 9.94. The summed E-state index contributed by atoms with van der Waals surface area (Å²) in [5, 5.41) is 27.9. The van der Waals surface area contributed by atoms with Gasteiger partial charge in [-0.3, -0.25) is 4.99 Å². The van der Waals surface area contributed by atoms with Gasteiger partial charge in [-0.15, -0.1) is 0 Å². The molecule has 7 heteroatoms. The van der Waals surface area contributed by atoms with Crippen molar-refractivity contribution in [1.82, 2.24) is 10.6 Å². The van der Waals surface area contributed by atoms with Crippen LogP contribution in [-0.2, 0) is 4.74 Å². The monoisotopic (exact) mass is 315 g/mol. The summed E-state index contributed by atoms with van der Waals surface area (Å²) in [5.74, 6) is 0. The predicted molar refractivity (Wildman–Crippen MR) is 83.4 cm³/mol. The molecule has 3 fully saturated rings. The smallest absolute Gasteiger partial charge is 0.159 e. The molecule has 0 radical (unpaired) electrons. The standard InChI is InChI=1S/C14H25N3O3S/c1-15-14-17-10-12(19)11(18)9(20-13(10)21-14)7-16-8-5-3-2-4-6-8/h8-13,16,18-19H,2-7H2,1H3,(H,15,17). The molecule has 4 N–H and O–H groups in total. The molecule has 3 aliphatic rings. The molecule has 0 amide bonds. The zero-order valence-corrected chi connectivity index (χ0v) is 13.2. The number of hydrogen-bond donors (Lipinski definition) is 4. The summed E-state index contributed by atoms with van der Waals surface area (Å²) >= 11 is 1.48. The molecule has 2 heterocycles. The van der Waals surface area contributed by atoms with Crippen molar-refractivity contribution in [1.29, 1.82) is 0 Å². The fourth-order valence-electron chi connectivity index (χ4n) is 3.35. The molecule has 21 heavy (non-hydrogen) atoms. The van der Waals surface area contributed by atoms with Crippen molar-refractivity contribution in [2.24, 2.45) is 4.99 Å². The fourth-order valence-corrected chi connectivity index (χ4v) is 4.45. The summed E-state index contributed by atoms with van der Waals surface area (Å²) in [6.07, 6.45) is 4.20. The highest BCUT2D eigenvalue weighted by Gasteiger charge is 2.48. The van der Waals surface area contributed by atoms with E-state index in [4.69, 9.17) is 4.74 Å². The average Bonchev–Trinajstić information content (AvgIpc) is 2.94. The number of nitrogens with one attached hydrogen (secondary N) is 2. The third kappa shape index (κ3) is 3.37. The highest BCUT2D eigenvalue weighted by atomic mass is 32.2. The van der Waals surface area contributed by atoms with Crippen LogP contribution in [0.25, 0.3) is 0 Å². The molecule has 0 aromatic rings. The Balaban J connectivity index is 1.56. The van der Waals surface area contributed by atoms with Gasteiger partial charge < -0.3 is 25.6 Å². The molecule has 0 aromatic heterocycles. The van der Waals surface area contributed by atoms with Crippen molar-refractivity contribution in [3.05, 3.63) is 0 Å². The third-order valence-electron chi connectivity index (χ3n) is 4.63. The van der Waals surface area contributed by atoms with Crippen molar-refractivity contribution in [2.75, 3.05) is 13.6 Å². The number of fused-ring (bicyclic) bond motifs is 1. The van der Waals surface area contributed by atoms with E-state index in [1.54, 1.807) is 7.05 Å². The maximum absolute atomic E-state index is 10.3. The number of ether oxygens (including phenoxy) is 1. The zero-order chi connectivity index (χ0) is 14.8. The quantitative estimate of drug-likeness (QED) is 0.589. The molecule has 5 atom stereocenters. The Morgan fingerprint density at radius 2 is 2.05 bits per heavy atom. The van der Waals surface area contributed by atoms with Crippen molar-refractivity contribution < 1.29 is 14.9 Å². The highest BCUT2D eigenvalue weighted by Crippen LogP contribution is 2.33. The number of hydrogen-bond acceptors (Lipinski definition) is 6. The minimum atomic E-state index is -0.869. The summed E-state index contributed by atoms with van der Waals surface area (Å²) in [6.45, 7) is 0.589. The Morgan fingerprint density at radius 3 is 2.76 bits per heavy atom. The van der Waals surface area contributed by atoms with Crippen LogP contribution in [0.1, 0.15) is 32.1 Å². The number of aliphatic imine (C=N–C) groups is 1. The number of thioether (sulfide) groups is 1. The van der Waals surface area contributed by atoms with Gasteiger partial charge in [0.15, 0.2) is 5.17 Å². The second-order valence-corrected chi connectivity index (χ2v) is 7.17. The summed E-state index contributed by atoms with van der Waals surface area (Å²) in [6, 6.07) is 0.237. The van der Waals surface area contributed by atoms with Crippen molar-refractivity contribution in [2.45, 2.75) is 67.9 Å². The molecule has 2 saturated heterocycles. The normalized spacial score (nSPS) is 42.8. The molecule has 5 unspecified atom stereocenters. The van der Waals surface area contributed by atoms with Crippen LogP contribution < -0.4 is 10.6 Å². The molecule has 1 aliphatic carbocycles. The lowest BCUT2D eigenvalue weighted by Gasteiger charge is -2.39. The lowest BCUT2D eigenvalue weighted by Crippen LogP contribution is -2.61. The first kappa shape index (κ1) is 15.6. The molecule has 0 aromatic carbocycles. The number of amidine groups is 1. The Kier molecular flexibility index (Phi) is 5.06. The Hall–Kier alpha value is -0.340.